The van der Waals surface area contributed by atoms with Gasteiger partial charge in [0.05, 0.1) is 21.2 Å². The van der Waals surface area contributed by atoms with Gasteiger partial charge >= 0.3 is 11.9 Å². The molecule has 4 aromatic rings. The van der Waals surface area contributed by atoms with Crippen LogP contribution in [0.1, 0.15) is 36.0 Å². The van der Waals surface area contributed by atoms with Gasteiger partial charge in [0.2, 0.25) is 0 Å². The zero-order chi connectivity index (χ0) is 27.8. The molecular weight excluding hydrogens is 571 g/mol. The van der Waals surface area contributed by atoms with Crippen molar-refractivity contribution >= 4 is 60.2 Å². The number of aromatic carboxylic acids is 2. The van der Waals surface area contributed by atoms with E-state index in [2.05, 4.69) is 4.72 Å². The number of nitrogens with one attached hydrogen (secondary N) is 1. The van der Waals surface area contributed by atoms with E-state index in [1.165, 1.54) is 24.3 Å². The van der Waals surface area contributed by atoms with Crippen molar-refractivity contribution in [1.82, 2.24) is 0 Å². The maximum atomic E-state index is 13.1. The van der Waals surface area contributed by atoms with Gasteiger partial charge in [-0.3, -0.25) is 4.72 Å². The molecule has 0 amide bonds. The molecule has 0 fully saturated rings. The zero-order valence-electron chi connectivity index (χ0n) is 20.0. The minimum absolute atomic E-state index is 0.0166. The first-order chi connectivity index (χ1) is 17.8. The molecule has 2 aromatic carbocycles. The molecule has 38 heavy (non-hydrogen) atoms. The number of carboxylic acid groups (broad SMARTS) is 2. The molecular formula is C25H21NO8S4. The molecule has 13 heteroatoms. The summed E-state index contributed by atoms with van der Waals surface area (Å²) in [5.74, 6) is -3.27. The fourth-order valence-corrected chi connectivity index (χ4v) is 8.98. The number of thiophene rings is 2. The van der Waals surface area contributed by atoms with Crippen LogP contribution in [0, 0.1) is 13.8 Å². The Morgan fingerprint density at radius 2 is 1.26 bits per heavy atom. The minimum atomic E-state index is -4.12. The number of hydrogen-bond donors (Lipinski definition) is 3. The highest BCUT2D eigenvalue weighted by Crippen LogP contribution is 2.41. The average Bonchev–Trinajstić information content (AvgIpc) is 3.43. The van der Waals surface area contributed by atoms with Crippen molar-refractivity contribution in [3.8, 4) is 9.75 Å². The Hall–Kier alpha value is -3.52. The number of sulfonamides is 1. The smallest absolute Gasteiger partial charge is 0.348 e. The SMILES string of the molecule is Cc1ccccc1S(=O)(=O)Cc1cc(-c2cc(NS(=O)(=O)c3ccccc3C)c(C(=O)O)s2)sc1C(=O)O. The second-order valence-electron chi connectivity index (χ2n) is 8.32. The number of carboxylic acids is 2. The fourth-order valence-electron chi connectivity index (χ4n) is 3.83. The molecule has 2 heterocycles. The molecule has 0 atom stereocenters. The lowest BCUT2D eigenvalue weighted by Crippen LogP contribution is -2.15. The van der Waals surface area contributed by atoms with Crippen LogP contribution in [0.15, 0.2) is 70.5 Å². The highest BCUT2D eigenvalue weighted by molar-refractivity contribution is 7.92. The van der Waals surface area contributed by atoms with E-state index in [9.17, 15) is 36.6 Å². The van der Waals surface area contributed by atoms with Crippen molar-refractivity contribution in [2.75, 3.05) is 4.72 Å². The standard InChI is InChI=1S/C25H21NO8S4/c1-14-7-3-5-9-20(14)37(31,32)13-16-11-18(35-22(16)24(27)28)19-12-17(23(36-19)25(29)30)26-38(33,34)21-10-6-4-8-15(21)2/h3-12,26H,13H2,1-2H3,(H,27,28)(H,29,30). The Morgan fingerprint density at radius 3 is 1.82 bits per heavy atom. The second-order valence-corrected chi connectivity index (χ2v) is 14.0. The Balaban J connectivity index is 1.75. The van der Waals surface area contributed by atoms with Gasteiger partial charge in [-0.25, -0.2) is 26.4 Å². The maximum absolute atomic E-state index is 13.1. The van der Waals surface area contributed by atoms with Crippen molar-refractivity contribution in [2.45, 2.75) is 29.4 Å². The Kier molecular flexibility index (Phi) is 7.48. The van der Waals surface area contributed by atoms with Crippen LogP contribution in [-0.4, -0.2) is 39.0 Å². The Labute approximate surface area is 227 Å². The van der Waals surface area contributed by atoms with Crippen LogP contribution in [0.3, 0.4) is 0 Å². The molecule has 3 N–H and O–H groups in total. The van der Waals surface area contributed by atoms with Gasteiger partial charge < -0.3 is 10.2 Å². The summed E-state index contributed by atoms with van der Waals surface area (Å²) in [5.41, 5.74) is 0.860. The van der Waals surface area contributed by atoms with Gasteiger partial charge in [0.25, 0.3) is 10.0 Å². The van der Waals surface area contributed by atoms with Gasteiger partial charge in [0.15, 0.2) is 9.84 Å². The van der Waals surface area contributed by atoms with Crippen molar-refractivity contribution in [1.29, 1.82) is 0 Å². The summed E-state index contributed by atoms with van der Waals surface area (Å²) in [5, 5.41) is 19.4. The number of carbonyl (C=O) groups is 2. The third-order valence-electron chi connectivity index (χ3n) is 5.57. The average molecular weight is 592 g/mol. The van der Waals surface area contributed by atoms with E-state index in [-0.39, 0.29) is 35.7 Å². The van der Waals surface area contributed by atoms with E-state index in [4.69, 9.17) is 0 Å². The number of benzene rings is 2. The number of hydrogen-bond acceptors (Lipinski definition) is 8. The van der Waals surface area contributed by atoms with Crippen LogP contribution < -0.4 is 4.72 Å². The first-order valence-corrected chi connectivity index (χ1v) is 15.7. The molecule has 0 saturated carbocycles. The topological polar surface area (TPSA) is 155 Å². The predicted octanol–water partition coefficient (Wildman–Crippen LogP) is 5.26. The predicted molar refractivity (Wildman–Crippen MR) is 146 cm³/mol. The summed E-state index contributed by atoms with van der Waals surface area (Å²) in [6.45, 7) is 3.25. The van der Waals surface area contributed by atoms with E-state index in [1.807, 2.05) is 0 Å². The lowest BCUT2D eigenvalue weighted by atomic mass is 10.2. The highest BCUT2D eigenvalue weighted by atomic mass is 32.2. The van der Waals surface area contributed by atoms with E-state index in [0.29, 0.717) is 16.0 Å². The van der Waals surface area contributed by atoms with E-state index in [0.717, 1.165) is 22.7 Å². The van der Waals surface area contributed by atoms with Crippen LogP contribution in [-0.2, 0) is 25.6 Å². The van der Waals surface area contributed by atoms with E-state index >= 15 is 0 Å². The lowest BCUT2D eigenvalue weighted by Gasteiger charge is -2.09. The lowest BCUT2D eigenvalue weighted by molar-refractivity contribution is 0.0691. The maximum Gasteiger partial charge on any atom is 0.348 e. The van der Waals surface area contributed by atoms with Crippen LogP contribution in [0.5, 0.6) is 0 Å². The summed E-state index contributed by atoms with van der Waals surface area (Å²) in [6, 6.07) is 15.3. The van der Waals surface area contributed by atoms with Crippen LogP contribution in [0.2, 0.25) is 0 Å². The Bertz CT molecular complexity index is 1650. The van der Waals surface area contributed by atoms with Crippen LogP contribution >= 0.6 is 22.7 Å². The molecule has 0 aliphatic rings. The summed E-state index contributed by atoms with van der Waals surface area (Å²) < 4.78 is 54.4. The van der Waals surface area contributed by atoms with Crippen molar-refractivity contribution in [3.05, 3.63) is 87.1 Å². The minimum Gasteiger partial charge on any atom is -0.477 e. The fraction of sp³-hybridized carbons (Fsp3) is 0.120. The monoisotopic (exact) mass is 591 g/mol. The van der Waals surface area contributed by atoms with Crippen LogP contribution in [0.4, 0.5) is 5.69 Å². The normalized spacial score (nSPS) is 11.8. The molecule has 0 aliphatic carbocycles. The van der Waals surface area contributed by atoms with Crippen LogP contribution in [0.25, 0.3) is 9.75 Å². The van der Waals surface area contributed by atoms with Gasteiger partial charge in [-0.05, 0) is 54.8 Å². The molecule has 0 radical (unpaired) electrons. The summed E-state index contributed by atoms with van der Waals surface area (Å²) in [7, 11) is -8.00. The van der Waals surface area contributed by atoms with Crippen molar-refractivity contribution in [3.63, 3.8) is 0 Å². The summed E-state index contributed by atoms with van der Waals surface area (Å²) in [4.78, 5) is 24.0. The van der Waals surface area contributed by atoms with Gasteiger partial charge in [-0.15, -0.1) is 22.7 Å². The molecule has 4 rings (SSSR count). The number of anilines is 1. The summed E-state index contributed by atoms with van der Waals surface area (Å²) in [6.07, 6.45) is 0. The molecule has 198 valence electrons. The molecule has 2 aromatic heterocycles. The van der Waals surface area contributed by atoms with Gasteiger partial charge in [-0.1, -0.05) is 36.4 Å². The number of rotatable bonds is 9. The zero-order valence-corrected chi connectivity index (χ0v) is 23.2. The molecule has 0 aliphatic heterocycles. The largest absolute Gasteiger partial charge is 0.477 e. The van der Waals surface area contributed by atoms with E-state index in [1.54, 1.807) is 50.2 Å². The number of sulfone groups is 1. The van der Waals surface area contributed by atoms with Gasteiger partial charge in [0, 0.05) is 9.75 Å². The first kappa shape index (κ1) is 27.5. The highest BCUT2D eigenvalue weighted by Gasteiger charge is 2.27. The number of aryl methyl sites for hydroxylation is 2. The molecule has 0 saturated heterocycles. The van der Waals surface area contributed by atoms with Crippen molar-refractivity contribution < 1.29 is 36.6 Å². The molecule has 9 nitrogen and oxygen atoms in total. The third-order valence-corrected chi connectivity index (χ3v) is 11.4. The summed E-state index contributed by atoms with van der Waals surface area (Å²) >= 11 is 1.54. The van der Waals surface area contributed by atoms with Gasteiger partial charge in [0.1, 0.15) is 9.75 Å². The quantitative estimate of drug-likeness (QED) is 0.238. The first-order valence-electron chi connectivity index (χ1n) is 10.9. The third kappa shape index (κ3) is 5.50. The van der Waals surface area contributed by atoms with Gasteiger partial charge in [-0.2, -0.15) is 0 Å². The second kappa shape index (κ2) is 10.3. The Morgan fingerprint density at radius 1 is 0.763 bits per heavy atom. The van der Waals surface area contributed by atoms with Crippen molar-refractivity contribution in [2.24, 2.45) is 0 Å². The van der Waals surface area contributed by atoms with E-state index < -0.39 is 37.6 Å². The molecule has 0 bridgehead atoms. The molecule has 0 unspecified atom stereocenters. The molecule has 0 spiro atoms.